The van der Waals surface area contributed by atoms with Crippen molar-refractivity contribution >= 4 is 5.91 Å². The second-order valence-electron chi connectivity index (χ2n) is 4.46. The Morgan fingerprint density at radius 2 is 2.36 bits per heavy atom. The van der Waals surface area contributed by atoms with Gasteiger partial charge in [-0.3, -0.25) is 4.79 Å². The molecule has 2 heterocycles. The van der Waals surface area contributed by atoms with Crippen LogP contribution in [0.1, 0.15) is 12.8 Å². The highest BCUT2D eigenvalue weighted by atomic mass is 16.2. The number of rotatable bonds is 3. The van der Waals surface area contributed by atoms with Crippen LogP contribution in [0, 0.1) is 5.92 Å². The first-order chi connectivity index (χ1) is 6.75. The SMILES string of the molecule is CN1CCC(CNC(=O)[C@H]2CCN2)C1. The third-order valence-electron chi connectivity index (χ3n) is 3.19. The molecule has 0 bridgehead atoms. The monoisotopic (exact) mass is 197 g/mol. The molecule has 0 saturated carbocycles. The van der Waals surface area contributed by atoms with Crippen LogP contribution in [0.2, 0.25) is 0 Å². The molecule has 0 radical (unpaired) electrons. The smallest absolute Gasteiger partial charge is 0.237 e. The summed E-state index contributed by atoms with van der Waals surface area (Å²) >= 11 is 0. The Labute approximate surface area is 85.0 Å². The normalized spacial score (nSPS) is 32.6. The van der Waals surface area contributed by atoms with Crippen LogP contribution in [0.15, 0.2) is 0 Å². The van der Waals surface area contributed by atoms with E-state index in [2.05, 4.69) is 22.6 Å². The van der Waals surface area contributed by atoms with Crippen LogP contribution in [-0.4, -0.2) is 50.1 Å². The van der Waals surface area contributed by atoms with Crippen molar-refractivity contribution in [2.45, 2.75) is 18.9 Å². The van der Waals surface area contributed by atoms with Gasteiger partial charge < -0.3 is 15.5 Å². The van der Waals surface area contributed by atoms with Crippen LogP contribution < -0.4 is 10.6 Å². The Balaban J connectivity index is 1.64. The number of amides is 1. The van der Waals surface area contributed by atoms with Crippen molar-refractivity contribution in [3.05, 3.63) is 0 Å². The third kappa shape index (κ3) is 2.25. The molecular weight excluding hydrogens is 178 g/mol. The van der Waals surface area contributed by atoms with Crippen LogP contribution >= 0.6 is 0 Å². The lowest BCUT2D eigenvalue weighted by Crippen LogP contribution is -2.53. The molecule has 4 nitrogen and oxygen atoms in total. The average Bonchev–Trinajstić information content (AvgIpc) is 2.45. The summed E-state index contributed by atoms with van der Waals surface area (Å²) in [6.45, 7) is 4.13. The maximum Gasteiger partial charge on any atom is 0.237 e. The first-order valence-corrected chi connectivity index (χ1v) is 5.45. The standard InChI is InChI=1S/C10H19N3O/c1-13-5-3-8(7-13)6-12-10(14)9-2-4-11-9/h8-9,11H,2-7H2,1H3,(H,12,14)/t8?,9-/m1/s1. The fourth-order valence-electron chi connectivity index (χ4n) is 2.07. The summed E-state index contributed by atoms with van der Waals surface area (Å²) in [7, 11) is 2.13. The molecule has 2 aliphatic rings. The van der Waals surface area contributed by atoms with Gasteiger partial charge >= 0.3 is 0 Å². The van der Waals surface area contributed by atoms with Gasteiger partial charge in [-0.15, -0.1) is 0 Å². The molecule has 1 unspecified atom stereocenters. The fraction of sp³-hybridized carbons (Fsp3) is 0.900. The Hall–Kier alpha value is -0.610. The van der Waals surface area contributed by atoms with Gasteiger partial charge in [-0.1, -0.05) is 0 Å². The van der Waals surface area contributed by atoms with E-state index in [9.17, 15) is 4.79 Å². The van der Waals surface area contributed by atoms with E-state index in [0.29, 0.717) is 5.92 Å². The van der Waals surface area contributed by atoms with E-state index in [1.807, 2.05) is 0 Å². The van der Waals surface area contributed by atoms with Crippen molar-refractivity contribution in [2.24, 2.45) is 5.92 Å². The zero-order valence-electron chi connectivity index (χ0n) is 8.75. The molecule has 0 aromatic rings. The lowest BCUT2D eigenvalue weighted by atomic mass is 10.1. The number of nitrogens with zero attached hydrogens (tertiary/aromatic N) is 1. The average molecular weight is 197 g/mol. The molecule has 2 fully saturated rings. The Morgan fingerprint density at radius 1 is 1.57 bits per heavy atom. The van der Waals surface area contributed by atoms with Gasteiger partial charge in [-0.05, 0) is 38.9 Å². The van der Waals surface area contributed by atoms with Gasteiger partial charge in [0.25, 0.3) is 0 Å². The molecule has 14 heavy (non-hydrogen) atoms. The van der Waals surface area contributed by atoms with E-state index in [4.69, 9.17) is 0 Å². The van der Waals surface area contributed by atoms with E-state index in [1.165, 1.54) is 13.0 Å². The van der Waals surface area contributed by atoms with Gasteiger partial charge in [0.05, 0.1) is 6.04 Å². The van der Waals surface area contributed by atoms with Gasteiger partial charge in [0.2, 0.25) is 5.91 Å². The number of hydrogen-bond donors (Lipinski definition) is 2. The van der Waals surface area contributed by atoms with Gasteiger partial charge in [0, 0.05) is 13.1 Å². The van der Waals surface area contributed by atoms with Crippen LogP contribution in [0.4, 0.5) is 0 Å². The predicted molar refractivity (Wildman–Crippen MR) is 55.0 cm³/mol. The summed E-state index contributed by atoms with van der Waals surface area (Å²) in [5.74, 6) is 0.842. The number of likely N-dealkylation sites (tertiary alicyclic amines) is 1. The molecule has 2 atom stereocenters. The maximum absolute atomic E-state index is 11.5. The molecular formula is C10H19N3O. The lowest BCUT2D eigenvalue weighted by molar-refractivity contribution is -0.124. The van der Waals surface area contributed by atoms with Crippen molar-refractivity contribution in [1.29, 1.82) is 0 Å². The molecule has 0 spiro atoms. The Bertz CT molecular complexity index is 215. The fourth-order valence-corrected chi connectivity index (χ4v) is 2.07. The second kappa shape index (κ2) is 4.28. The third-order valence-corrected chi connectivity index (χ3v) is 3.19. The van der Waals surface area contributed by atoms with E-state index < -0.39 is 0 Å². The van der Waals surface area contributed by atoms with Gasteiger partial charge in [0.1, 0.15) is 0 Å². The van der Waals surface area contributed by atoms with Crippen molar-refractivity contribution in [2.75, 3.05) is 33.2 Å². The zero-order valence-corrected chi connectivity index (χ0v) is 8.75. The summed E-state index contributed by atoms with van der Waals surface area (Å²) in [5, 5.41) is 6.13. The summed E-state index contributed by atoms with van der Waals surface area (Å²) in [4.78, 5) is 13.8. The summed E-state index contributed by atoms with van der Waals surface area (Å²) in [5.41, 5.74) is 0. The van der Waals surface area contributed by atoms with E-state index >= 15 is 0 Å². The van der Waals surface area contributed by atoms with Crippen LogP contribution in [0.25, 0.3) is 0 Å². The van der Waals surface area contributed by atoms with E-state index in [1.54, 1.807) is 0 Å². The first-order valence-electron chi connectivity index (χ1n) is 5.45. The minimum absolute atomic E-state index is 0.0918. The Morgan fingerprint density at radius 3 is 2.86 bits per heavy atom. The van der Waals surface area contributed by atoms with Crippen LogP contribution in [0.5, 0.6) is 0 Å². The lowest BCUT2D eigenvalue weighted by Gasteiger charge is -2.26. The largest absolute Gasteiger partial charge is 0.354 e. The number of carbonyl (C=O) groups excluding carboxylic acids is 1. The topological polar surface area (TPSA) is 44.4 Å². The van der Waals surface area contributed by atoms with Gasteiger partial charge in [0.15, 0.2) is 0 Å². The second-order valence-corrected chi connectivity index (χ2v) is 4.46. The molecule has 80 valence electrons. The molecule has 0 aromatic heterocycles. The highest BCUT2D eigenvalue weighted by molar-refractivity contribution is 5.82. The predicted octanol–water partition coefficient (Wildman–Crippen LogP) is -0.584. The van der Waals surface area contributed by atoms with E-state index in [0.717, 1.165) is 26.1 Å². The van der Waals surface area contributed by atoms with Crippen LogP contribution in [-0.2, 0) is 4.79 Å². The van der Waals surface area contributed by atoms with Gasteiger partial charge in [-0.25, -0.2) is 0 Å². The molecule has 4 heteroatoms. The first kappa shape index (κ1) is 9.93. The van der Waals surface area contributed by atoms with Crippen LogP contribution in [0.3, 0.4) is 0 Å². The molecule has 2 aliphatic heterocycles. The molecule has 1 amide bonds. The Kier molecular flexibility index (Phi) is 3.03. The minimum Gasteiger partial charge on any atom is -0.354 e. The summed E-state index contributed by atoms with van der Waals surface area (Å²) in [6, 6.07) is 0.0918. The van der Waals surface area contributed by atoms with Crippen molar-refractivity contribution in [3.8, 4) is 0 Å². The van der Waals surface area contributed by atoms with Crippen molar-refractivity contribution in [1.82, 2.24) is 15.5 Å². The molecule has 0 aliphatic carbocycles. The highest BCUT2D eigenvalue weighted by Gasteiger charge is 2.26. The molecule has 2 saturated heterocycles. The minimum atomic E-state index is 0.0918. The number of hydrogen-bond acceptors (Lipinski definition) is 3. The number of nitrogens with one attached hydrogen (secondary N) is 2. The van der Waals surface area contributed by atoms with Crippen molar-refractivity contribution < 1.29 is 4.79 Å². The van der Waals surface area contributed by atoms with Crippen molar-refractivity contribution in [3.63, 3.8) is 0 Å². The van der Waals surface area contributed by atoms with Gasteiger partial charge in [-0.2, -0.15) is 0 Å². The highest BCUT2D eigenvalue weighted by Crippen LogP contribution is 2.13. The number of carbonyl (C=O) groups is 1. The van der Waals surface area contributed by atoms with E-state index in [-0.39, 0.29) is 11.9 Å². The molecule has 0 aromatic carbocycles. The quantitative estimate of drug-likeness (QED) is 0.636. The molecule has 2 N–H and O–H groups in total. The molecule has 2 rings (SSSR count). The summed E-state index contributed by atoms with van der Waals surface area (Å²) in [6.07, 6.45) is 2.21. The zero-order chi connectivity index (χ0) is 9.97. The summed E-state index contributed by atoms with van der Waals surface area (Å²) < 4.78 is 0. The maximum atomic E-state index is 11.5.